The second-order valence-corrected chi connectivity index (χ2v) is 4.51. The van der Waals surface area contributed by atoms with Gasteiger partial charge in [-0.25, -0.2) is 0 Å². The van der Waals surface area contributed by atoms with Crippen LogP contribution < -0.4 is 5.32 Å². The molecule has 0 atom stereocenters. The monoisotopic (exact) mass is 275 g/mol. The highest BCUT2D eigenvalue weighted by atomic mass is 35.5. The third-order valence-electron chi connectivity index (χ3n) is 2.36. The predicted molar refractivity (Wildman–Crippen MR) is 69.9 cm³/mol. The number of halogens is 2. The van der Waals surface area contributed by atoms with Crippen molar-refractivity contribution in [3.63, 3.8) is 0 Å². The van der Waals surface area contributed by atoms with Gasteiger partial charge in [-0.15, -0.1) is 0 Å². The zero-order valence-electron chi connectivity index (χ0n) is 9.38. The van der Waals surface area contributed by atoms with Crippen molar-refractivity contribution in [1.29, 1.82) is 0 Å². The molecule has 3 nitrogen and oxygen atoms in total. The van der Waals surface area contributed by atoms with Gasteiger partial charge in [0.05, 0.1) is 6.42 Å². The largest absolute Gasteiger partial charge is 0.481 e. The second-order valence-electron chi connectivity index (χ2n) is 3.70. The molecule has 0 saturated carbocycles. The van der Waals surface area contributed by atoms with Crippen molar-refractivity contribution in [1.82, 2.24) is 5.32 Å². The maximum absolute atomic E-state index is 10.3. The molecule has 1 aromatic rings. The predicted octanol–water partition coefficient (Wildman–Crippen LogP) is 2.99. The average molecular weight is 276 g/mol. The highest BCUT2D eigenvalue weighted by Crippen LogP contribution is 2.25. The number of hydrogen-bond donors (Lipinski definition) is 2. The zero-order chi connectivity index (χ0) is 12.7. The standard InChI is InChI=1S/C12H15Cl2NO2/c13-10-4-1-5-11(14)9(10)3-2-7-15-8-6-12(16)17/h1,4-5,15H,2-3,6-8H2,(H,16,17). The lowest BCUT2D eigenvalue weighted by Gasteiger charge is -2.07. The number of carbonyl (C=O) groups is 1. The number of aliphatic carboxylic acids is 1. The molecule has 17 heavy (non-hydrogen) atoms. The Hall–Kier alpha value is -0.770. The Morgan fingerprint density at radius 2 is 1.88 bits per heavy atom. The van der Waals surface area contributed by atoms with Gasteiger partial charge in [-0.2, -0.15) is 0 Å². The van der Waals surface area contributed by atoms with E-state index in [9.17, 15) is 4.79 Å². The van der Waals surface area contributed by atoms with Gasteiger partial charge in [0.1, 0.15) is 0 Å². The van der Waals surface area contributed by atoms with Crippen molar-refractivity contribution in [3.05, 3.63) is 33.8 Å². The van der Waals surface area contributed by atoms with Gasteiger partial charge >= 0.3 is 5.97 Å². The first-order valence-electron chi connectivity index (χ1n) is 5.46. The summed E-state index contributed by atoms with van der Waals surface area (Å²) in [5.41, 5.74) is 0.955. The number of carboxylic acids is 1. The molecule has 0 unspecified atom stereocenters. The highest BCUT2D eigenvalue weighted by molar-refractivity contribution is 6.35. The van der Waals surface area contributed by atoms with Gasteiger partial charge in [0, 0.05) is 16.6 Å². The summed E-state index contributed by atoms with van der Waals surface area (Å²) in [7, 11) is 0. The van der Waals surface area contributed by atoms with E-state index in [-0.39, 0.29) is 6.42 Å². The van der Waals surface area contributed by atoms with Gasteiger partial charge < -0.3 is 10.4 Å². The Morgan fingerprint density at radius 1 is 1.24 bits per heavy atom. The normalized spacial score (nSPS) is 10.5. The van der Waals surface area contributed by atoms with E-state index in [1.165, 1.54) is 0 Å². The van der Waals surface area contributed by atoms with Gasteiger partial charge in [0.25, 0.3) is 0 Å². The van der Waals surface area contributed by atoms with Crippen LogP contribution in [0, 0.1) is 0 Å². The van der Waals surface area contributed by atoms with Crippen LogP contribution in [0.5, 0.6) is 0 Å². The number of nitrogens with one attached hydrogen (secondary N) is 1. The Bertz CT molecular complexity index is 363. The molecule has 0 spiro atoms. The summed E-state index contributed by atoms with van der Waals surface area (Å²) < 4.78 is 0. The van der Waals surface area contributed by atoms with E-state index in [1.54, 1.807) is 0 Å². The Kier molecular flexibility index (Phi) is 6.34. The Morgan fingerprint density at radius 3 is 2.47 bits per heavy atom. The van der Waals surface area contributed by atoms with Crippen molar-refractivity contribution in [2.75, 3.05) is 13.1 Å². The summed E-state index contributed by atoms with van der Waals surface area (Å²) in [5.74, 6) is -0.786. The maximum Gasteiger partial charge on any atom is 0.304 e. The molecule has 1 rings (SSSR count). The molecule has 0 fully saturated rings. The summed E-state index contributed by atoms with van der Waals surface area (Å²) in [5, 5.41) is 12.9. The van der Waals surface area contributed by atoms with Gasteiger partial charge in [0.15, 0.2) is 0 Å². The first kappa shape index (κ1) is 14.3. The van der Waals surface area contributed by atoms with Crippen LogP contribution >= 0.6 is 23.2 Å². The molecule has 0 heterocycles. The van der Waals surface area contributed by atoms with E-state index in [1.807, 2.05) is 18.2 Å². The van der Waals surface area contributed by atoms with E-state index in [0.29, 0.717) is 16.6 Å². The molecular weight excluding hydrogens is 261 g/mol. The van der Waals surface area contributed by atoms with E-state index in [0.717, 1.165) is 24.9 Å². The smallest absolute Gasteiger partial charge is 0.304 e. The Labute approximate surface area is 111 Å². The second kappa shape index (κ2) is 7.54. The molecule has 0 radical (unpaired) electrons. The lowest BCUT2D eigenvalue weighted by molar-refractivity contribution is -0.136. The van der Waals surface area contributed by atoms with Crippen molar-refractivity contribution in [2.45, 2.75) is 19.3 Å². The molecule has 0 aliphatic carbocycles. The average Bonchev–Trinajstić information content (AvgIpc) is 2.26. The number of hydrogen-bond acceptors (Lipinski definition) is 2. The van der Waals surface area contributed by atoms with Crippen LogP contribution in [0.2, 0.25) is 10.0 Å². The van der Waals surface area contributed by atoms with Crippen molar-refractivity contribution >= 4 is 29.2 Å². The fourth-order valence-corrected chi connectivity index (χ4v) is 2.07. The molecule has 0 aromatic heterocycles. The summed E-state index contributed by atoms with van der Waals surface area (Å²) in [6.45, 7) is 1.25. The first-order chi connectivity index (χ1) is 8.11. The lowest BCUT2D eigenvalue weighted by atomic mass is 10.1. The molecule has 94 valence electrons. The first-order valence-corrected chi connectivity index (χ1v) is 6.22. The van der Waals surface area contributed by atoms with Crippen LogP contribution in [0.1, 0.15) is 18.4 Å². The third-order valence-corrected chi connectivity index (χ3v) is 3.07. The quantitative estimate of drug-likeness (QED) is 0.753. The van der Waals surface area contributed by atoms with Gasteiger partial charge in [-0.1, -0.05) is 29.3 Å². The Balaban J connectivity index is 2.24. The SMILES string of the molecule is O=C(O)CCNCCCc1c(Cl)cccc1Cl. The van der Waals surface area contributed by atoms with Crippen LogP contribution in [0.4, 0.5) is 0 Å². The molecule has 1 aromatic carbocycles. The fraction of sp³-hybridized carbons (Fsp3) is 0.417. The van der Waals surface area contributed by atoms with E-state index in [2.05, 4.69) is 5.32 Å². The van der Waals surface area contributed by atoms with Gasteiger partial charge in [-0.3, -0.25) is 4.79 Å². The molecule has 0 bridgehead atoms. The van der Waals surface area contributed by atoms with Crippen LogP contribution in [-0.4, -0.2) is 24.2 Å². The van der Waals surface area contributed by atoms with E-state index in [4.69, 9.17) is 28.3 Å². The molecule has 0 amide bonds. The minimum Gasteiger partial charge on any atom is -0.481 e. The summed E-state index contributed by atoms with van der Waals surface area (Å²) in [6, 6.07) is 5.46. The van der Waals surface area contributed by atoms with Gasteiger partial charge in [-0.05, 0) is 37.1 Å². The number of benzene rings is 1. The van der Waals surface area contributed by atoms with Crippen LogP contribution in [0.15, 0.2) is 18.2 Å². The summed E-state index contributed by atoms with van der Waals surface area (Å²) in [4.78, 5) is 10.3. The van der Waals surface area contributed by atoms with Crippen molar-refractivity contribution < 1.29 is 9.90 Å². The topological polar surface area (TPSA) is 49.3 Å². The van der Waals surface area contributed by atoms with Crippen molar-refractivity contribution in [3.8, 4) is 0 Å². The molecular formula is C12H15Cl2NO2. The summed E-state index contributed by atoms with van der Waals surface area (Å²) in [6.07, 6.45) is 1.81. The highest BCUT2D eigenvalue weighted by Gasteiger charge is 2.04. The lowest BCUT2D eigenvalue weighted by Crippen LogP contribution is -2.19. The molecule has 0 aliphatic heterocycles. The zero-order valence-corrected chi connectivity index (χ0v) is 10.9. The van der Waals surface area contributed by atoms with Crippen LogP contribution in [0.25, 0.3) is 0 Å². The van der Waals surface area contributed by atoms with Crippen molar-refractivity contribution in [2.24, 2.45) is 0 Å². The molecule has 0 saturated heterocycles. The third kappa shape index (κ3) is 5.39. The summed E-state index contributed by atoms with van der Waals surface area (Å²) >= 11 is 12.1. The minimum atomic E-state index is -0.786. The van der Waals surface area contributed by atoms with E-state index < -0.39 is 5.97 Å². The van der Waals surface area contributed by atoms with E-state index >= 15 is 0 Å². The number of carboxylic acid groups (broad SMARTS) is 1. The van der Waals surface area contributed by atoms with Crippen LogP contribution in [-0.2, 0) is 11.2 Å². The molecule has 5 heteroatoms. The van der Waals surface area contributed by atoms with Gasteiger partial charge in [0.2, 0.25) is 0 Å². The molecule has 0 aliphatic rings. The minimum absolute atomic E-state index is 0.146. The fourth-order valence-electron chi connectivity index (χ4n) is 1.48. The molecule has 2 N–H and O–H groups in total. The maximum atomic E-state index is 10.3. The van der Waals surface area contributed by atoms with Crippen LogP contribution in [0.3, 0.4) is 0 Å². The number of rotatable bonds is 7.